The van der Waals surface area contributed by atoms with Crippen molar-refractivity contribution in [2.45, 2.75) is 13.0 Å². The number of aromatic carboxylic acids is 1. The van der Waals surface area contributed by atoms with Crippen LogP contribution in [0.25, 0.3) is 0 Å². The van der Waals surface area contributed by atoms with Crippen molar-refractivity contribution >= 4 is 17.7 Å². The average molecular weight is 368 g/mol. The molecule has 0 aliphatic heterocycles. The summed E-state index contributed by atoms with van der Waals surface area (Å²) in [4.78, 5) is 32.8. The third-order valence-corrected chi connectivity index (χ3v) is 3.40. The van der Waals surface area contributed by atoms with Gasteiger partial charge in [0.25, 0.3) is 5.69 Å². The molecule has 2 rings (SSSR count). The number of nitro benzene ring substituents is 1. The van der Waals surface area contributed by atoms with E-state index in [4.69, 9.17) is 9.84 Å². The second kappa shape index (κ2) is 9.58. The first-order valence-electron chi connectivity index (χ1n) is 7.92. The summed E-state index contributed by atoms with van der Waals surface area (Å²) in [5, 5.41) is 22.4. The Kier molecular flexibility index (Phi) is 6.91. The molecule has 2 aromatic rings. The van der Waals surface area contributed by atoms with Crippen LogP contribution in [0.1, 0.15) is 27.9 Å². The molecule has 138 valence electrons. The van der Waals surface area contributed by atoms with E-state index in [1.807, 2.05) is 30.3 Å². The third-order valence-electron chi connectivity index (χ3n) is 3.40. The number of amides is 1. The van der Waals surface area contributed by atoms with Gasteiger partial charge in [-0.15, -0.1) is 0 Å². The van der Waals surface area contributed by atoms with E-state index < -0.39 is 17.0 Å². The average Bonchev–Trinajstić information content (AvgIpc) is 2.66. The largest absolute Gasteiger partial charge is 0.478 e. The number of benzene rings is 2. The second-order valence-electron chi connectivity index (χ2n) is 5.33. The van der Waals surface area contributed by atoms with E-state index in [9.17, 15) is 19.7 Å². The van der Waals surface area contributed by atoms with Crippen LogP contribution >= 0.6 is 0 Å². The summed E-state index contributed by atoms with van der Waals surface area (Å²) in [6.45, 7) is 0.363. The van der Waals surface area contributed by atoms with Gasteiger partial charge in [0.05, 0.1) is 10.5 Å². The number of ether oxygens (including phenoxy) is 1. The number of carbonyl (C=O) groups is 2. The van der Waals surface area contributed by atoms with Crippen LogP contribution in [0, 0.1) is 22.0 Å². The molecule has 0 saturated carbocycles. The highest BCUT2D eigenvalue weighted by atomic mass is 16.6. The maximum absolute atomic E-state index is 11.6. The first kappa shape index (κ1) is 19.5. The Morgan fingerprint density at radius 2 is 1.93 bits per heavy atom. The number of carboxylic acids is 1. The van der Waals surface area contributed by atoms with Crippen LogP contribution in [0.3, 0.4) is 0 Å². The van der Waals surface area contributed by atoms with Crippen LogP contribution in [0.4, 0.5) is 10.5 Å². The molecule has 0 radical (unpaired) electrons. The fourth-order valence-electron chi connectivity index (χ4n) is 2.08. The van der Waals surface area contributed by atoms with Crippen molar-refractivity contribution in [1.82, 2.24) is 5.32 Å². The number of nitrogens with one attached hydrogen (secondary N) is 1. The lowest BCUT2D eigenvalue weighted by Gasteiger charge is -2.05. The smallest absolute Gasteiger partial charge is 0.407 e. The van der Waals surface area contributed by atoms with Crippen LogP contribution in [-0.2, 0) is 11.3 Å². The molecular formula is C19H16N2O6. The number of alkyl carbamates (subject to hydrolysis) is 1. The molecule has 27 heavy (non-hydrogen) atoms. The van der Waals surface area contributed by atoms with E-state index in [1.165, 1.54) is 12.1 Å². The Morgan fingerprint density at radius 1 is 1.19 bits per heavy atom. The lowest BCUT2D eigenvalue weighted by Crippen LogP contribution is -2.24. The standard InChI is InChI=1S/C19H16N2O6/c22-18(23)16-10-9-15(17(12-16)21(25)26)8-4-5-11-20-19(24)27-13-14-6-2-1-3-7-14/h1-3,6-7,9-10,12H,5,11,13H2,(H,20,24)(H,22,23). The Hall–Kier alpha value is -3.86. The van der Waals surface area contributed by atoms with Gasteiger partial charge in [-0.2, -0.15) is 0 Å². The van der Waals surface area contributed by atoms with Gasteiger partial charge in [0.1, 0.15) is 12.2 Å². The van der Waals surface area contributed by atoms with Gasteiger partial charge >= 0.3 is 12.1 Å². The maximum atomic E-state index is 11.6. The van der Waals surface area contributed by atoms with Gasteiger partial charge in [-0.25, -0.2) is 9.59 Å². The van der Waals surface area contributed by atoms with Crippen molar-refractivity contribution in [2.24, 2.45) is 0 Å². The number of rotatable bonds is 6. The van der Waals surface area contributed by atoms with Gasteiger partial charge in [-0.1, -0.05) is 42.2 Å². The fraction of sp³-hybridized carbons (Fsp3) is 0.158. The van der Waals surface area contributed by atoms with Crippen molar-refractivity contribution in [2.75, 3.05) is 6.54 Å². The molecule has 0 unspecified atom stereocenters. The van der Waals surface area contributed by atoms with Gasteiger partial charge in [0.2, 0.25) is 0 Å². The molecule has 0 aliphatic carbocycles. The van der Waals surface area contributed by atoms with Gasteiger partial charge in [-0.3, -0.25) is 10.1 Å². The molecule has 0 saturated heterocycles. The zero-order valence-corrected chi connectivity index (χ0v) is 14.2. The van der Waals surface area contributed by atoms with E-state index >= 15 is 0 Å². The molecular weight excluding hydrogens is 352 g/mol. The Morgan fingerprint density at radius 3 is 2.59 bits per heavy atom. The van der Waals surface area contributed by atoms with Crippen molar-refractivity contribution < 1.29 is 24.4 Å². The molecule has 0 aliphatic rings. The summed E-state index contributed by atoms with van der Waals surface area (Å²) >= 11 is 0. The van der Waals surface area contributed by atoms with Gasteiger partial charge in [-0.05, 0) is 17.7 Å². The summed E-state index contributed by atoms with van der Waals surface area (Å²) < 4.78 is 5.04. The van der Waals surface area contributed by atoms with E-state index in [1.54, 1.807) is 0 Å². The summed E-state index contributed by atoms with van der Waals surface area (Å²) in [6, 6.07) is 12.7. The molecule has 2 N–H and O–H groups in total. The summed E-state index contributed by atoms with van der Waals surface area (Å²) in [6.07, 6.45) is -0.337. The number of carbonyl (C=O) groups excluding carboxylic acids is 1. The third kappa shape index (κ3) is 6.17. The fourth-order valence-corrected chi connectivity index (χ4v) is 2.08. The zero-order valence-electron chi connectivity index (χ0n) is 14.2. The lowest BCUT2D eigenvalue weighted by atomic mass is 10.1. The molecule has 0 atom stereocenters. The molecule has 0 spiro atoms. The van der Waals surface area contributed by atoms with Crippen molar-refractivity contribution in [3.63, 3.8) is 0 Å². The Balaban J connectivity index is 1.84. The topological polar surface area (TPSA) is 119 Å². The van der Waals surface area contributed by atoms with Crippen molar-refractivity contribution in [3.05, 3.63) is 75.3 Å². The number of hydrogen-bond acceptors (Lipinski definition) is 5. The van der Waals surface area contributed by atoms with Crippen LogP contribution < -0.4 is 5.32 Å². The van der Waals surface area contributed by atoms with Crippen molar-refractivity contribution in [3.8, 4) is 11.8 Å². The van der Waals surface area contributed by atoms with Gasteiger partial charge < -0.3 is 15.2 Å². The van der Waals surface area contributed by atoms with E-state index in [0.717, 1.165) is 11.6 Å². The highest BCUT2D eigenvalue weighted by molar-refractivity contribution is 5.88. The van der Waals surface area contributed by atoms with Crippen molar-refractivity contribution in [1.29, 1.82) is 0 Å². The molecule has 0 heterocycles. The second-order valence-corrected chi connectivity index (χ2v) is 5.33. The number of nitro groups is 1. The normalized spacial score (nSPS) is 9.63. The molecule has 8 heteroatoms. The lowest BCUT2D eigenvalue weighted by molar-refractivity contribution is -0.385. The predicted octanol–water partition coefficient (Wildman–Crippen LogP) is 2.96. The Bertz CT molecular complexity index is 899. The van der Waals surface area contributed by atoms with Gasteiger partial charge in [0, 0.05) is 19.0 Å². The van der Waals surface area contributed by atoms with Crippen LogP contribution in [0.2, 0.25) is 0 Å². The van der Waals surface area contributed by atoms with Crippen LogP contribution in [0.15, 0.2) is 48.5 Å². The predicted molar refractivity (Wildman–Crippen MR) is 96.2 cm³/mol. The minimum absolute atomic E-state index is 0.108. The Labute approximate surface area is 154 Å². The first-order valence-corrected chi connectivity index (χ1v) is 7.92. The maximum Gasteiger partial charge on any atom is 0.407 e. The molecule has 2 aromatic carbocycles. The molecule has 0 aromatic heterocycles. The minimum Gasteiger partial charge on any atom is -0.478 e. The summed E-state index contributed by atoms with van der Waals surface area (Å²) in [7, 11) is 0. The van der Waals surface area contributed by atoms with E-state index in [0.29, 0.717) is 0 Å². The van der Waals surface area contributed by atoms with Gasteiger partial charge in [0.15, 0.2) is 0 Å². The van der Waals surface area contributed by atoms with E-state index in [2.05, 4.69) is 17.2 Å². The molecule has 0 bridgehead atoms. The number of carboxylic acid groups (broad SMARTS) is 1. The molecule has 8 nitrogen and oxygen atoms in total. The van der Waals surface area contributed by atoms with E-state index in [-0.39, 0.29) is 36.4 Å². The van der Waals surface area contributed by atoms with Crippen LogP contribution in [-0.4, -0.2) is 28.6 Å². The number of nitrogens with zero attached hydrogens (tertiary/aromatic N) is 1. The highest BCUT2D eigenvalue weighted by Crippen LogP contribution is 2.19. The minimum atomic E-state index is -1.25. The summed E-state index contributed by atoms with van der Waals surface area (Å²) in [5.74, 6) is 4.06. The summed E-state index contributed by atoms with van der Waals surface area (Å²) in [5.41, 5.74) is 0.411. The first-order chi connectivity index (χ1) is 13.0. The SMILES string of the molecule is O=C(NCCC#Cc1ccc(C(=O)O)cc1[N+](=O)[O-])OCc1ccccc1. The molecule has 1 amide bonds. The number of hydrogen-bond donors (Lipinski definition) is 2. The highest BCUT2D eigenvalue weighted by Gasteiger charge is 2.15. The monoisotopic (exact) mass is 368 g/mol. The quantitative estimate of drug-likeness (QED) is 0.350. The molecule has 0 fully saturated rings. The van der Waals surface area contributed by atoms with Crippen LogP contribution in [0.5, 0.6) is 0 Å². The zero-order chi connectivity index (χ0) is 19.6.